The highest BCUT2D eigenvalue weighted by Gasteiger charge is 2.31. The van der Waals surface area contributed by atoms with Crippen molar-refractivity contribution in [3.8, 4) is 0 Å². The van der Waals surface area contributed by atoms with Gasteiger partial charge in [0, 0.05) is 38.6 Å². The third-order valence-corrected chi connectivity index (χ3v) is 5.65. The molecule has 1 atom stereocenters. The average molecular weight is 326 g/mol. The number of nitrogens with zero attached hydrogens (tertiary/aromatic N) is 2. The van der Waals surface area contributed by atoms with Crippen LogP contribution in [0.1, 0.15) is 38.2 Å². The number of hydrogen-bond donors (Lipinski definition) is 0. The molecule has 0 aromatic heterocycles. The first-order valence-electron chi connectivity index (χ1n) is 9.47. The molecule has 1 heterocycles. The van der Waals surface area contributed by atoms with E-state index in [1.807, 2.05) is 6.07 Å². The van der Waals surface area contributed by atoms with Gasteiger partial charge in [0.05, 0.1) is 0 Å². The Morgan fingerprint density at radius 3 is 2.46 bits per heavy atom. The normalized spacial score (nSPS) is 21.5. The highest BCUT2D eigenvalue weighted by molar-refractivity contribution is 5.79. The average Bonchev–Trinajstić information content (AvgIpc) is 3.17. The summed E-state index contributed by atoms with van der Waals surface area (Å²) < 4.78 is 0. The summed E-state index contributed by atoms with van der Waals surface area (Å²) in [6, 6.07) is 10.4. The van der Waals surface area contributed by atoms with Crippen LogP contribution in [-0.2, 0) is 4.79 Å². The third-order valence-electron chi connectivity index (χ3n) is 5.65. The van der Waals surface area contributed by atoms with Crippen LogP contribution in [0.5, 0.6) is 0 Å². The molecule has 0 bridgehead atoms. The van der Waals surface area contributed by atoms with Crippen LogP contribution in [0.4, 0.5) is 0 Å². The molecule has 130 valence electrons. The third kappa shape index (κ3) is 4.47. The van der Waals surface area contributed by atoms with Gasteiger partial charge in [0.2, 0.25) is 5.91 Å². The van der Waals surface area contributed by atoms with E-state index < -0.39 is 0 Å². The molecule has 3 heteroatoms. The van der Waals surface area contributed by atoms with Gasteiger partial charge in [0.1, 0.15) is 0 Å². The summed E-state index contributed by atoms with van der Waals surface area (Å²) >= 11 is 0. The second kappa shape index (κ2) is 8.48. The number of amides is 1. The molecule has 2 fully saturated rings. The maximum Gasteiger partial charge on any atom is 0.225 e. The Balaban J connectivity index is 1.42. The van der Waals surface area contributed by atoms with Gasteiger partial charge in [-0.2, -0.15) is 0 Å². The van der Waals surface area contributed by atoms with Gasteiger partial charge in [-0.3, -0.25) is 9.69 Å². The Labute approximate surface area is 146 Å². The summed E-state index contributed by atoms with van der Waals surface area (Å²) in [5, 5.41) is 0. The minimum atomic E-state index is 0.219. The van der Waals surface area contributed by atoms with E-state index in [9.17, 15) is 4.79 Å². The van der Waals surface area contributed by atoms with Crippen LogP contribution in [0.25, 0.3) is 6.08 Å². The predicted molar refractivity (Wildman–Crippen MR) is 99.6 cm³/mol. The molecular formula is C21H30N2O. The van der Waals surface area contributed by atoms with Gasteiger partial charge in [-0.15, -0.1) is 0 Å². The number of rotatable bonds is 5. The zero-order valence-electron chi connectivity index (χ0n) is 14.9. The van der Waals surface area contributed by atoms with E-state index in [1.165, 1.54) is 31.2 Å². The molecule has 3 rings (SSSR count). The number of piperazine rings is 1. The number of carbonyl (C=O) groups is 1. The van der Waals surface area contributed by atoms with Gasteiger partial charge < -0.3 is 4.90 Å². The van der Waals surface area contributed by atoms with Crippen LogP contribution in [0, 0.1) is 11.8 Å². The first-order valence-corrected chi connectivity index (χ1v) is 9.47. The Kier molecular flexibility index (Phi) is 6.08. The number of hydrogen-bond acceptors (Lipinski definition) is 2. The second-order valence-corrected chi connectivity index (χ2v) is 7.27. The highest BCUT2D eigenvalue weighted by Crippen LogP contribution is 2.32. The standard InChI is InChI=1S/C21H30N2O/c1-18(20-11-5-6-12-20)21(24)23-16-14-22(15-17-23)13-7-10-19-8-3-2-4-9-19/h2-4,7-10,18,20H,5-6,11-17H2,1H3/b10-7+. The van der Waals surface area contributed by atoms with Crippen molar-refractivity contribution in [3.63, 3.8) is 0 Å². The molecule has 2 aliphatic rings. The lowest BCUT2D eigenvalue weighted by Crippen LogP contribution is -2.50. The van der Waals surface area contributed by atoms with E-state index in [0.717, 1.165) is 32.7 Å². The van der Waals surface area contributed by atoms with Crippen molar-refractivity contribution in [1.29, 1.82) is 0 Å². The quantitative estimate of drug-likeness (QED) is 0.824. The largest absolute Gasteiger partial charge is 0.340 e. The number of benzene rings is 1. The lowest BCUT2D eigenvalue weighted by atomic mass is 9.91. The molecule has 1 amide bonds. The highest BCUT2D eigenvalue weighted by atomic mass is 16.2. The van der Waals surface area contributed by atoms with Crippen molar-refractivity contribution in [2.75, 3.05) is 32.7 Å². The Hall–Kier alpha value is -1.61. The summed E-state index contributed by atoms with van der Waals surface area (Å²) in [5.41, 5.74) is 1.25. The molecule has 0 radical (unpaired) electrons. The molecule has 1 saturated carbocycles. The summed E-state index contributed by atoms with van der Waals surface area (Å²) in [6.07, 6.45) is 9.52. The zero-order chi connectivity index (χ0) is 16.8. The van der Waals surface area contributed by atoms with Crippen molar-refractivity contribution in [2.24, 2.45) is 11.8 Å². The first kappa shape index (κ1) is 17.2. The molecule has 1 unspecified atom stereocenters. The lowest BCUT2D eigenvalue weighted by molar-refractivity contribution is -0.138. The molecule has 1 aromatic carbocycles. The molecular weight excluding hydrogens is 296 g/mol. The summed E-state index contributed by atoms with van der Waals surface area (Å²) in [7, 11) is 0. The Bertz CT molecular complexity index is 540. The van der Waals surface area contributed by atoms with Crippen molar-refractivity contribution < 1.29 is 4.79 Å². The van der Waals surface area contributed by atoms with Crippen molar-refractivity contribution >= 4 is 12.0 Å². The first-order chi connectivity index (χ1) is 11.7. The molecule has 0 spiro atoms. The molecule has 1 aliphatic heterocycles. The van der Waals surface area contributed by atoms with Crippen molar-refractivity contribution in [1.82, 2.24) is 9.80 Å². The van der Waals surface area contributed by atoms with Gasteiger partial charge in [-0.05, 0) is 24.3 Å². The molecule has 1 aliphatic carbocycles. The Morgan fingerprint density at radius 2 is 1.79 bits per heavy atom. The lowest BCUT2D eigenvalue weighted by Gasteiger charge is -2.36. The molecule has 24 heavy (non-hydrogen) atoms. The molecule has 1 saturated heterocycles. The van der Waals surface area contributed by atoms with Crippen LogP contribution < -0.4 is 0 Å². The predicted octanol–water partition coefficient (Wildman–Crippen LogP) is 3.67. The fourth-order valence-corrected chi connectivity index (χ4v) is 4.00. The van der Waals surface area contributed by atoms with Crippen molar-refractivity contribution in [3.05, 3.63) is 42.0 Å². The fraction of sp³-hybridized carbons (Fsp3) is 0.571. The Morgan fingerprint density at radius 1 is 1.12 bits per heavy atom. The van der Waals surface area contributed by atoms with Crippen LogP contribution in [0.3, 0.4) is 0 Å². The van der Waals surface area contributed by atoms with E-state index in [2.05, 4.69) is 53.1 Å². The summed E-state index contributed by atoms with van der Waals surface area (Å²) in [5.74, 6) is 1.24. The number of carbonyl (C=O) groups excluding carboxylic acids is 1. The zero-order valence-corrected chi connectivity index (χ0v) is 14.9. The van der Waals surface area contributed by atoms with Gasteiger partial charge in [-0.25, -0.2) is 0 Å². The summed E-state index contributed by atoms with van der Waals surface area (Å²) in [6.45, 7) is 6.86. The van der Waals surface area contributed by atoms with Crippen LogP contribution in [0.15, 0.2) is 36.4 Å². The van der Waals surface area contributed by atoms with E-state index in [0.29, 0.717) is 11.8 Å². The van der Waals surface area contributed by atoms with Crippen LogP contribution in [-0.4, -0.2) is 48.4 Å². The smallest absolute Gasteiger partial charge is 0.225 e. The van der Waals surface area contributed by atoms with E-state index in [4.69, 9.17) is 0 Å². The van der Waals surface area contributed by atoms with Gasteiger partial charge in [0.15, 0.2) is 0 Å². The van der Waals surface area contributed by atoms with E-state index in [-0.39, 0.29) is 5.92 Å². The SMILES string of the molecule is CC(C(=O)N1CCN(C/C=C/c2ccccc2)CC1)C1CCCC1. The van der Waals surface area contributed by atoms with Crippen LogP contribution >= 0.6 is 0 Å². The second-order valence-electron chi connectivity index (χ2n) is 7.27. The monoisotopic (exact) mass is 326 g/mol. The molecule has 0 N–H and O–H groups in total. The minimum Gasteiger partial charge on any atom is -0.340 e. The molecule has 3 nitrogen and oxygen atoms in total. The van der Waals surface area contributed by atoms with Gasteiger partial charge >= 0.3 is 0 Å². The minimum absolute atomic E-state index is 0.219. The van der Waals surface area contributed by atoms with Gasteiger partial charge in [0.25, 0.3) is 0 Å². The topological polar surface area (TPSA) is 23.6 Å². The maximum atomic E-state index is 12.7. The summed E-state index contributed by atoms with van der Waals surface area (Å²) in [4.78, 5) is 17.2. The van der Waals surface area contributed by atoms with Crippen LogP contribution in [0.2, 0.25) is 0 Å². The fourth-order valence-electron chi connectivity index (χ4n) is 4.00. The molecule has 1 aromatic rings. The van der Waals surface area contributed by atoms with E-state index >= 15 is 0 Å². The van der Waals surface area contributed by atoms with Gasteiger partial charge in [-0.1, -0.05) is 62.2 Å². The van der Waals surface area contributed by atoms with E-state index in [1.54, 1.807) is 0 Å². The maximum absolute atomic E-state index is 12.7. The van der Waals surface area contributed by atoms with Crippen molar-refractivity contribution in [2.45, 2.75) is 32.6 Å².